The van der Waals surface area contributed by atoms with Gasteiger partial charge in [0.2, 0.25) is 0 Å². The third-order valence-electron chi connectivity index (χ3n) is 7.13. The molecule has 0 saturated heterocycles. The van der Waals surface area contributed by atoms with E-state index in [2.05, 4.69) is 123 Å². The smallest absolute Gasteiger partial charge is 0.0762 e. The Hall–Kier alpha value is -4.83. The van der Waals surface area contributed by atoms with E-state index in [4.69, 9.17) is 5.10 Å². The molecule has 3 aromatic heterocycles. The topological polar surface area (TPSA) is 38.5 Å². The molecule has 0 bridgehead atoms. The Kier molecular flexibility index (Phi) is 3.63. The molecule has 0 atom stereocenters. The van der Waals surface area contributed by atoms with Crippen molar-refractivity contribution in [3.63, 3.8) is 0 Å². The molecule has 0 saturated carbocycles. The van der Waals surface area contributed by atoms with Crippen LogP contribution in [0.4, 0.5) is 0 Å². The number of hydrogen-bond acceptors (Lipinski definition) is 1. The van der Waals surface area contributed by atoms with Gasteiger partial charge in [0.05, 0.1) is 28.4 Å². The predicted octanol–water partition coefficient (Wildman–Crippen LogP) is 7.76. The zero-order chi connectivity index (χ0) is 22.9. The third-order valence-corrected chi connectivity index (χ3v) is 7.13. The van der Waals surface area contributed by atoms with Crippen molar-refractivity contribution in [2.75, 3.05) is 0 Å². The Morgan fingerprint density at radius 2 is 1.29 bits per heavy atom. The summed E-state index contributed by atoms with van der Waals surface area (Å²) in [5, 5.41) is 11.0. The summed E-state index contributed by atoms with van der Waals surface area (Å²) in [6, 6.07) is 38.6. The molecule has 0 unspecified atom stereocenters. The van der Waals surface area contributed by atoms with Gasteiger partial charge in [-0.15, -0.1) is 0 Å². The highest BCUT2D eigenvalue weighted by molar-refractivity contribution is 6.18. The molecular weight excluding hydrogens is 428 g/mol. The summed E-state index contributed by atoms with van der Waals surface area (Å²) < 4.78 is 4.42. The van der Waals surface area contributed by atoms with Crippen LogP contribution in [-0.2, 0) is 0 Å². The minimum atomic E-state index is 1.05. The van der Waals surface area contributed by atoms with Crippen LogP contribution in [0, 0.1) is 0 Å². The Morgan fingerprint density at radius 3 is 2.20 bits per heavy atom. The van der Waals surface area contributed by atoms with E-state index < -0.39 is 0 Å². The molecule has 3 heterocycles. The SMILES string of the molecule is c1ccc(-n2c3ccccc3c3ccc4c(cnn4-c4ccc5[nH]c6ccccc6c5c4)c32)cc1. The monoisotopic (exact) mass is 448 g/mol. The molecule has 0 fully saturated rings. The molecule has 4 heteroatoms. The number of rotatable bonds is 2. The lowest BCUT2D eigenvalue weighted by Gasteiger charge is -2.09. The summed E-state index contributed by atoms with van der Waals surface area (Å²) in [6.45, 7) is 0. The summed E-state index contributed by atoms with van der Waals surface area (Å²) in [5.41, 5.74) is 7.98. The van der Waals surface area contributed by atoms with Crippen molar-refractivity contribution in [3.8, 4) is 11.4 Å². The summed E-state index contributed by atoms with van der Waals surface area (Å²) >= 11 is 0. The highest BCUT2D eigenvalue weighted by Gasteiger charge is 2.17. The lowest BCUT2D eigenvalue weighted by molar-refractivity contribution is 0.912. The fraction of sp³-hybridized carbons (Fsp3) is 0. The second-order valence-electron chi connectivity index (χ2n) is 9.04. The Labute approximate surface area is 200 Å². The number of benzene rings is 5. The molecule has 4 nitrogen and oxygen atoms in total. The zero-order valence-corrected chi connectivity index (χ0v) is 18.8. The van der Waals surface area contributed by atoms with Gasteiger partial charge >= 0.3 is 0 Å². The fourth-order valence-corrected chi connectivity index (χ4v) is 5.58. The van der Waals surface area contributed by atoms with Gasteiger partial charge in [-0.25, -0.2) is 4.68 Å². The summed E-state index contributed by atoms with van der Waals surface area (Å²) in [5.74, 6) is 0. The normalized spacial score (nSPS) is 12.0. The predicted molar refractivity (Wildman–Crippen MR) is 145 cm³/mol. The van der Waals surface area contributed by atoms with E-state index in [9.17, 15) is 0 Å². The molecule has 0 aliphatic heterocycles. The van der Waals surface area contributed by atoms with Crippen LogP contribution in [0.2, 0.25) is 0 Å². The number of nitrogens with one attached hydrogen (secondary N) is 1. The number of nitrogens with zero attached hydrogens (tertiary/aromatic N) is 3. The summed E-state index contributed by atoms with van der Waals surface area (Å²) in [6.07, 6.45) is 2.01. The average Bonchev–Trinajstić information content (AvgIpc) is 3.60. The first-order valence-corrected chi connectivity index (χ1v) is 11.8. The molecular formula is C31H20N4. The largest absolute Gasteiger partial charge is 0.355 e. The molecule has 0 radical (unpaired) electrons. The van der Waals surface area contributed by atoms with E-state index >= 15 is 0 Å². The van der Waals surface area contributed by atoms with Gasteiger partial charge in [-0.1, -0.05) is 54.6 Å². The van der Waals surface area contributed by atoms with Gasteiger partial charge in [-0.3, -0.25) is 0 Å². The molecule has 0 aliphatic rings. The second kappa shape index (κ2) is 6.84. The number of para-hydroxylation sites is 3. The van der Waals surface area contributed by atoms with E-state index in [1.54, 1.807) is 0 Å². The van der Waals surface area contributed by atoms with Crippen molar-refractivity contribution < 1.29 is 0 Å². The fourth-order valence-electron chi connectivity index (χ4n) is 5.58. The number of H-pyrrole nitrogens is 1. The molecule has 0 aliphatic carbocycles. The van der Waals surface area contributed by atoms with Gasteiger partial charge in [0.15, 0.2) is 0 Å². The van der Waals surface area contributed by atoms with Crippen LogP contribution >= 0.6 is 0 Å². The van der Waals surface area contributed by atoms with Crippen LogP contribution in [0.1, 0.15) is 0 Å². The van der Waals surface area contributed by atoms with E-state index in [-0.39, 0.29) is 0 Å². The minimum absolute atomic E-state index is 1.05. The van der Waals surface area contributed by atoms with E-state index in [1.165, 1.54) is 32.6 Å². The lowest BCUT2D eigenvalue weighted by Crippen LogP contribution is -1.96. The van der Waals surface area contributed by atoms with Gasteiger partial charge in [0, 0.05) is 43.7 Å². The maximum Gasteiger partial charge on any atom is 0.0762 e. The van der Waals surface area contributed by atoms with Crippen molar-refractivity contribution in [3.05, 3.63) is 115 Å². The number of hydrogen-bond donors (Lipinski definition) is 1. The van der Waals surface area contributed by atoms with Gasteiger partial charge < -0.3 is 9.55 Å². The quantitative estimate of drug-likeness (QED) is 0.288. The first-order chi connectivity index (χ1) is 17.4. The molecule has 35 heavy (non-hydrogen) atoms. The number of fused-ring (bicyclic) bond motifs is 8. The van der Waals surface area contributed by atoms with Crippen molar-refractivity contribution in [1.82, 2.24) is 19.3 Å². The van der Waals surface area contributed by atoms with Gasteiger partial charge in [0.25, 0.3) is 0 Å². The van der Waals surface area contributed by atoms with Crippen LogP contribution < -0.4 is 0 Å². The van der Waals surface area contributed by atoms with Crippen LogP contribution in [-0.4, -0.2) is 19.3 Å². The van der Waals surface area contributed by atoms with Crippen molar-refractivity contribution >= 4 is 54.5 Å². The van der Waals surface area contributed by atoms with Gasteiger partial charge in [-0.05, 0) is 54.6 Å². The molecule has 0 amide bonds. The van der Waals surface area contributed by atoms with Crippen LogP contribution in [0.25, 0.3) is 65.9 Å². The number of aromatic amines is 1. The standard InChI is InChI=1S/C31H20N4/c1-2-8-20(9-3-1)34-29-13-7-5-11-23(29)24-15-17-30-26(31(24)34)19-32-35(30)21-14-16-28-25(18-21)22-10-4-6-12-27(22)33-28/h1-19,33H. The lowest BCUT2D eigenvalue weighted by atomic mass is 10.1. The first kappa shape index (κ1) is 18.6. The summed E-state index contributed by atoms with van der Waals surface area (Å²) in [7, 11) is 0. The van der Waals surface area contributed by atoms with Crippen LogP contribution in [0.3, 0.4) is 0 Å². The maximum absolute atomic E-state index is 4.89. The molecule has 1 N–H and O–H groups in total. The summed E-state index contributed by atoms with van der Waals surface area (Å²) in [4.78, 5) is 3.52. The number of aromatic nitrogens is 4. The van der Waals surface area contributed by atoms with Crippen LogP contribution in [0.5, 0.6) is 0 Å². The molecule has 164 valence electrons. The second-order valence-corrected chi connectivity index (χ2v) is 9.04. The van der Waals surface area contributed by atoms with E-state index in [1.807, 2.05) is 6.20 Å². The van der Waals surface area contributed by atoms with E-state index in [0.29, 0.717) is 0 Å². The van der Waals surface area contributed by atoms with Gasteiger partial charge in [0.1, 0.15) is 0 Å². The molecule has 0 spiro atoms. The van der Waals surface area contributed by atoms with Crippen LogP contribution in [0.15, 0.2) is 115 Å². The van der Waals surface area contributed by atoms with E-state index in [0.717, 1.165) is 33.3 Å². The Balaban J connectivity index is 1.44. The van der Waals surface area contributed by atoms with Crippen molar-refractivity contribution in [1.29, 1.82) is 0 Å². The van der Waals surface area contributed by atoms with Gasteiger partial charge in [-0.2, -0.15) is 5.10 Å². The first-order valence-electron chi connectivity index (χ1n) is 11.8. The van der Waals surface area contributed by atoms with Crippen molar-refractivity contribution in [2.45, 2.75) is 0 Å². The average molecular weight is 449 g/mol. The third kappa shape index (κ3) is 2.53. The molecule has 8 rings (SSSR count). The Morgan fingerprint density at radius 1 is 0.514 bits per heavy atom. The minimum Gasteiger partial charge on any atom is -0.355 e. The molecule has 8 aromatic rings. The zero-order valence-electron chi connectivity index (χ0n) is 18.8. The van der Waals surface area contributed by atoms with Crippen molar-refractivity contribution in [2.24, 2.45) is 0 Å². The Bertz CT molecular complexity index is 2050. The molecule has 5 aromatic carbocycles. The highest BCUT2D eigenvalue weighted by Crippen LogP contribution is 2.37. The highest BCUT2D eigenvalue weighted by atomic mass is 15.3. The maximum atomic E-state index is 4.89.